The Labute approximate surface area is 175 Å². The molecule has 0 fully saturated rings. The highest BCUT2D eigenvalue weighted by Gasteiger charge is 2.45. The summed E-state index contributed by atoms with van der Waals surface area (Å²) in [5, 5.41) is 10.4. The Bertz CT molecular complexity index is 961. The molecular formula is C25H24O5. The van der Waals surface area contributed by atoms with Crippen molar-refractivity contribution in [3.63, 3.8) is 0 Å². The Balaban J connectivity index is 1.65. The van der Waals surface area contributed by atoms with Gasteiger partial charge in [-0.25, -0.2) is 4.79 Å². The minimum Gasteiger partial charge on any atom is -0.464 e. The van der Waals surface area contributed by atoms with Crippen LogP contribution >= 0.6 is 0 Å². The minimum absolute atomic E-state index is 0.294. The van der Waals surface area contributed by atoms with Crippen LogP contribution < -0.4 is 9.47 Å². The van der Waals surface area contributed by atoms with Crippen LogP contribution in [0.25, 0.3) is 0 Å². The van der Waals surface area contributed by atoms with E-state index in [0.29, 0.717) is 23.7 Å². The van der Waals surface area contributed by atoms with Gasteiger partial charge in [-0.2, -0.15) is 0 Å². The average molecular weight is 404 g/mol. The van der Waals surface area contributed by atoms with Gasteiger partial charge in [-0.3, -0.25) is 0 Å². The standard InChI is InChI=1S/C25H24O5/c1-2-3-16-28-24(27)23(26)18-14-15-21-22(17-18)30-25(29-21,19-10-6-4-7-11-19)20-12-8-5-9-13-20/h4-15,17,23,26H,2-3,16H2,1H3/t23-/m1/s1. The van der Waals surface area contributed by atoms with Crippen LogP contribution in [0.1, 0.15) is 42.6 Å². The SMILES string of the molecule is CCCCOC(=O)[C@H](O)c1ccc2c(c1)OC(c1ccccc1)(c1ccccc1)O2. The third-order valence-corrected chi connectivity index (χ3v) is 5.06. The molecule has 1 heterocycles. The second-order valence-corrected chi connectivity index (χ2v) is 7.18. The zero-order chi connectivity index (χ0) is 21.0. The molecule has 0 unspecified atom stereocenters. The third kappa shape index (κ3) is 3.76. The number of esters is 1. The maximum absolute atomic E-state index is 12.1. The summed E-state index contributed by atoms with van der Waals surface area (Å²) in [6.07, 6.45) is 0.296. The molecule has 1 aliphatic rings. The fourth-order valence-electron chi connectivity index (χ4n) is 3.44. The van der Waals surface area contributed by atoms with Crippen LogP contribution in [0, 0.1) is 0 Å². The summed E-state index contributed by atoms with van der Waals surface area (Å²) in [6, 6.07) is 24.4. The molecule has 0 aromatic heterocycles. The Morgan fingerprint density at radius 3 is 2.13 bits per heavy atom. The first-order chi connectivity index (χ1) is 14.6. The van der Waals surface area contributed by atoms with Gasteiger partial charge in [-0.15, -0.1) is 0 Å². The number of hydrogen-bond acceptors (Lipinski definition) is 5. The number of hydrogen-bond donors (Lipinski definition) is 1. The van der Waals surface area contributed by atoms with Crippen molar-refractivity contribution in [2.45, 2.75) is 31.7 Å². The molecule has 1 aliphatic heterocycles. The van der Waals surface area contributed by atoms with Gasteiger partial charge in [0.1, 0.15) is 0 Å². The van der Waals surface area contributed by atoms with E-state index in [1.165, 1.54) is 0 Å². The average Bonchev–Trinajstić information content (AvgIpc) is 3.20. The van der Waals surface area contributed by atoms with Gasteiger partial charge in [-0.1, -0.05) is 80.1 Å². The predicted octanol–water partition coefficient (Wildman–Crippen LogP) is 4.74. The van der Waals surface area contributed by atoms with Gasteiger partial charge in [0.05, 0.1) is 6.61 Å². The van der Waals surface area contributed by atoms with E-state index in [4.69, 9.17) is 14.2 Å². The number of aliphatic hydroxyl groups excluding tert-OH is 1. The normalized spacial score (nSPS) is 14.9. The number of fused-ring (bicyclic) bond motifs is 1. The van der Waals surface area contributed by atoms with E-state index in [1.54, 1.807) is 18.2 Å². The summed E-state index contributed by atoms with van der Waals surface area (Å²) in [6.45, 7) is 2.30. The number of unbranched alkanes of at least 4 members (excludes halogenated alkanes) is 1. The highest BCUT2D eigenvalue weighted by atomic mass is 16.7. The van der Waals surface area contributed by atoms with Crippen molar-refractivity contribution in [2.24, 2.45) is 0 Å². The molecule has 0 amide bonds. The molecule has 0 bridgehead atoms. The van der Waals surface area contributed by atoms with E-state index in [9.17, 15) is 9.90 Å². The van der Waals surface area contributed by atoms with Crippen LogP contribution in [0.3, 0.4) is 0 Å². The molecule has 0 saturated carbocycles. The van der Waals surface area contributed by atoms with Crippen LogP contribution in [-0.4, -0.2) is 17.7 Å². The number of rotatable bonds is 7. The van der Waals surface area contributed by atoms with Crippen LogP contribution in [0.4, 0.5) is 0 Å². The van der Waals surface area contributed by atoms with Crippen molar-refractivity contribution in [1.82, 2.24) is 0 Å². The molecule has 5 nitrogen and oxygen atoms in total. The van der Waals surface area contributed by atoms with Crippen molar-refractivity contribution in [3.8, 4) is 11.5 Å². The summed E-state index contributed by atoms with van der Waals surface area (Å²) in [5.41, 5.74) is 2.08. The van der Waals surface area contributed by atoms with E-state index < -0.39 is 17.9 Å². The first-order valence-electron chi connectivity index (χ1n) is 10.1. The maximum Gasteiger partial charge on any atom is 0.339 e. The first kappa shape index (κ1) is 20.0. The van der Waals surface area contributed by atoms with E-state index in [2.05, 4.69) is 0 Å². The van der Waals surface area contributed by atoms with Gasteiger partial charge in [-0.05, 0) is 24.1 Å². The largest absolute Gasteiger partial charge is 0.464 e. The Kier molecular flexibility index (Phi) is 5.72. The highest BCUT2D eigenvalue weighted by molar-refractivity contribution is 5.76. The number of carbonyl (C=O) groups is 1. The van der Waals surface area contributed by atoms with Crippen molar-refractivity contribution in [1.29, 1.82) is 0 Å². The highest BCUT2D eigenvalue weighted by Crippen LogP contribution is 2.48. The fourth-order valence-corrected chi connectivity index (χ4v) is 3.44. The third-order valence-electron chi connectivity index (χ3n) is 5.06. The summed E-state index contributed by atoms with van der Waals surface area (Å²) < 4.78 is 17.8. The van der Waals surface area contributed by atoms with Crippen molar-refractivity contribution in [2.75, 3.05) is 6.61 Å². The molecule has 3 aromatic carbocycles. The number of aliphatic hydroxyl groups is 1. The van der Waals surface area contributed by atoms with Crippen LogP contribution in [-0.2, 0) is 15.3 Å². The molecule has 3 aromatic rings. The van der Waals surface area contributed by atoms with Gasteiger partial charge in [0.2, 0.25) is 0 Å². The van der Waals surface area contributed by atoms with E-state index in [0.717, 1.165) is 24.0 Å². The predicted molar refractivity (Wildman–Crippen MR) is 112 cm³/mol. The molecule has 0 saturated heterocycles. The van der Waals surface area contributed by atoms with E-state index >= 15 is 0 Å². The summed E-state index contributed by atoms with van der Waals surface area (Å²) in [7, 11) is 0. The lowest BCUT2D eigenvalue weighted by molar-refractivity contribution is -0.154. The Morgan fingerprint density at radius 1 is 0.933 bits per heavy atom. The number of carbonyl (C=O) groups excluding carboxylic acids is 1. The second kappa shape index (κ2) is 8.59. The number of benzene rings is 3. The lowest BCUT2D eigenvalue weighted by Gasteiger charge is -2.28. The fraction of sp³-hybridized carbons (Fsp3) is 0.240. The smallest absolute Gasteiger partial charge is 0.339 e. The molecule has 0 aliphatic carbocycles. The molecule has 5 heteroatoms. The molecular weight excluding hydrogens is 380 g/mol. The molecule has 4 rings (SSSR count). The lowest BCUT2D eigenvalue weighted by Crippen LogP contribution is -2.36. The van der Waals surface area contributed by atoms with Crippen LogP contribution in [0.2, 0.25) is 0 Å². The van der Waals surface area contributed by atoms with Crippen molar-refractivity contribution < 1.29 is 24.1 Å². The summed E-state index contributed by atoms with van der Waals surface area (Å²) in [4.78, 5) is 12.1. The van der Waals surface area contributed by atoms with Gasteiger partial charge in [0, 0.05) is 11.1 Å². The van der Waals surface area contributed by atoms with E-state index in [-0.39, 0.29) is 0 Å². The number of ether oxygens (including phenoxy) is 3. The summed E-state index contributed by atoms with van der Waals surface area (Å²) in [5.74, 6) is -0.811. The zero-order valence-electron chi connectivity index (χ0n) is 16.8. The monoisotopic (exact) mass is 404 g/mol. The lowest BCUT2D eigenvalue weighted by atomic mass is 9.97. The maximum atomic E-state index is 12.1. The van der Waals surface area contributed by atoms with Gasteiger partial charge in [0.25, 0.3) is 0 Å². The van der Waals surface area contributed by atoms with Crippen molar-refractivity contribution >= 4 is 5.97 Å². The molecule has 0 radical (unpaired) electrons. The van der Waals surface area contributed by atoms with Gasteiger partial charge >= 0.3 is 11.8 Å². The summed E-state index contributed by atoms with van der Waals surface area (Å²) >= 11 is 0. The molecule has 1 N–H and O–H groups in total. The van der Waals surface area contributed by atoms with E-state index in [1.807, 2.05) is 67.6 Å². The molecule has 30 heavy (non-hydrogen) atoms. The molecule has 154 valence electrons. The van der Waals surface area contributed by atoms with Crippen LogP contribution in [0.5, 0.6) is 11.5 Å². The first-order valence-corrected chi connectivity index (χ1v) is 10.1. The Hall–Kier alpha value is -3.31. The van der Waals surface area contributed by atoms with Gasteiger partial charge in [0.15, 0.2) is 17.6 Å². The van der Waals surface area contributed by atoms with Crippen LogP contribution in [0.15, 0.2) is 78.9 Å². The Morgan fingerprint density at radius 2 is 1.53 bits per heavy atom. The minimum atomic E-state index is -1.38. The van der Waals surface area contributed by atoms with Crippen molar-refractivity contribution in [3.05, 3.63) is 95.6 Å². The zero-order valence-corrected chi connectivity index (χ0v) is 16.8. The second-order valence-electron chi connectivity index (χ2n) is 7.18. The molecule has 0 spiro atoms. The quantitative estimate of drug-likeness (QED) is 0.455. The topological polar surface area (TPSA) is 65.0 Å². The van der Waals surface area contributed by atoms with Gasteiger partial charge < -0.3 is 19.3 Å². The molecule has 1 atom stereocenters.